The van der Waals surface area contributed by atoms with Crippen molar-refractivity contribution in [2.75, 3.05) is 11.4 Å². The fraction of sp³-hybridized carbons (Fsp3) is 0.471. The van der Waals surface area contributed by atoms with Gasteiger partial charge in [-0.15, -0.1) is 0 Å². The van der Waals surface area contributed by atoms with E-state index in [-0.39, 0.29) is 11.8 Å². The maximum absolute atomic E-state index is 13.0. The second kappa shape index (κ2) is 6.30. The van der Waals surface area contributed by atoms with E-state index in [0.717, 1.165) is 28.3 Å². The zero-order valence-electron chi connectivity index (χ0n) is 14.2. The molecule has 2 heterocycles. The highest BCUT2D eigenvalue weighted by atomic mass is 16.2. The van der Waals surface area contributed by atoms with E-state index in [1.807, 2.05) is 58.5 Å². The van der Waals surface area contributed by atoms with Gasteiger partial charge in [0, 0.05) is 31.0 Å². The zero-order chi connectivity index (χ0) is 16.4. The van der Waals surface area contributed by atoms with Crippen LogP contribution in [-0.2, 0) is 11.8 Å². The number of anilines is 1. The summed E-state index contributed by atoms with van der Waals surface area (Å²) in [5.41, 5.74) is 4.72. The summed E-state index contributed by atoms with van der Waals surface area (Å²) in [5, 5.41) is 4.42. The molecule has 2 aromatic rings. The summed E-state index contributed by atoms with van der Waals surface area (Å²) in [6.07, 6.45) is 1.75. The normalized spacial score (nSPS) is 12.3. The standard InChI is InChI=1S/C17H24N4O/c1-7-21(15-9-8-10-18-12(15)3)17(22)11(2)16-13(4)19-20(6)14(16)5/h8-11H,7H2,1-6H3. The molecule has 118 valence electrons. The highest BCUT2D eigenvalue weighted by Gasteiger charge is 2.27. The fourth-order valence-electron chi connectivity index (χ4n) is 2.98. The van der Waals surface area contributed by atoms with Crippen LogP contribution in [0.3, 0.4) is 0 Å². The van der Waals surface area contributed by atoms with E-state index in [1.54, 1.807) is 11.1 Å². The molecule has 0 aliphatic carbocycles. The number of carbonyl (C=O) groups excluding carboxylic acids is 1. The molecule has 1 amide bonds. The second-order valence-corrected chi connectivity index (χ2v) is 5.62. The number of amides is 1. The first-order valence-corrected chi connectivity index (χ1v) is 7.61. The summed E-state index contributed by atoms with van der Waals surface area (Å²) in [4.78, 5) is 19.1. The van der Waals surface area contributed by atoms with Gasteiger partial charge in [0.25, 0.3) is 0 Å². The third-order valence-electron chi connectivity index (χ3n) is 4.22. The molecule has 0 N–H and O–H groups in total. The molecular weight excluding hydrogens is 276 g/mol. The fourth-order valence-corrected chi connectivity index (χ4v) is 2.98. The maximum Gasteiger partial charge on any atom is 0.234 e. The Morgan fingerprint density at radius 1 is 1.32 bits per heavy atom. The van der Waals surface area contributed by atoms with Gasteiger partial charge in [0.15, 0.2) is 0 Å². The highest BCUT2D eigenvalue weighted by molar-refractivity contribution is 5.98. The van der Waals surface area contributed by atoms with E-state index in [1.165, 1.54) is 0 Å². The average Bonchev–Trinajstić information content (AvgIpc) is 2.74. The summed E-state index contributed by atoms with van der Waals surface area (Å²) in [7, 11) is 1.91. The largest absolute Gasteiger partial charge is 0.310 e. The predicted octanol–water partition coefficient (Wildman–Crippen LogP) is 2.90. The van der Waals surface area contributed by atoms with Crippen LogP contribution in [0.1, 0.15) is 42.4 Å². The third kappa shape index (κ3) is 2.75. The molecule has 0 aromatic carbocycles. The summed E-state index contributed by atoms with van der Waals surface area (Å²) < 4.78 is 1.83. The van der Waals surface area contributed by atoms with Gasteiger partial charge in [0.2, 0.25) is 5.91 Å². The molecule has 0 fully saturated rings. The van der Waals surface area contributed by atoms with Crippen LogP contribution < -0.4 is 4.90 Å². The quantitative estimate of drug-likeness (QED) is 0.872. The van der Waals surface area contributed by atoms with Gasteiger partial charge in [-0.25, -0.2) is 0 Å². The monoisotopic (exact) mass is 300 g/mol. The van der Waals surface area contributed by atoms with Gasteiger partial charge < -0.3 is 4.90 Å². The van der Waals surface area contributed by atoms with Crippen LogP contribution in [0.4, 0.5) is 5.69 Å². The van der Waals surface area contributed by atoms with Crippen LogP contribution in [0.25, 0.3) is 0 Å². The minimum absolute atomic E-state index is 0.0813. The van der Waals surface area contributed by atoms with Crippen LogP contribution >= 0.6 is 0 Å². The van der Waals surface area contributed by atoms with Gasteiger partial charge in [0.1, 0.15) is 0 Å². The van der Waals surface area contributed by atoms with Crippen molar-refractivity contribution in [3.8, 4) is 0 Å². The van der Waals surface area contributed by atoms with Crippen LogP contribution in [0, 0.1) is 20.8 Å². The number of hydrogen-bond acceptors (Lipinski definition) is 3. The van der Waals surface area contributed by atoms with Gasteiger partial charge in [-0.05, 0) is 46.8 Å². The van der Waals surface area contributed by atoms with E-state index in [2.05, 4.69) is 10.1 Å². The van der Waals surface area contributed by atoms with Crippen molar-refractivity contribution in [2.45, 2.75) is 40.5 Å². The molecule has 0 radical (unpaired) electrons. The molecule has 2 aromatic heterocycles. The van der Waals surface area contributed by atoms with Crippen molar-refractivity contribution in [3.63, 3.8) is 0 Å². The molecule has 2 rings (SSSR count). The Balaban J connectivity index is 2.38. The van der Waals surface area contributed by atoms with E-state index >= 15 is 0 Å². The Bertz CT molecular complexity index is 690. The highest BCUT2D eigenvalue weighted by Crippen LogP contribution is 2.27. The number of hydrogen-bond donors (Lipinski definition) is 0. The molecule has 5 nitrogen and oxygen atoms in total. The molecule has 5 heteroatoms. The van der Waals surface area contributed by atoms with Crippen molar-refractivity contribution in [3.05, 3.63) is 41.0 Å². The van der Waals surface area contributed by atoms with E-state index in [9.17, 15) is 4.79 Å². The minimum Gasteiger partial charge on any atom is -0.310 e. The molecule has 0 bridgehead atoms. The van der Waals surface area contributed by atoms with E-state index < -0.39 is 0 Å². The second-order valence-electron chi connectivity index (χ2n) is 5.62. The molecule has 0 saturated heterocycles. The van der Waals surface area contributed by atoms with E-state index in [4.69, 9.17) is 0 Å². The summed E-state index contributed by atoms with van der Waals surface area (Å²) in [6, 6.07) is 3.81. The van der Waals surface area contributed by atoms with Crippen molar-refractivity contribution < 1.29 is 4.79 Å². The number of aryl methyl sites for hydroxylation is 3. The van der Waals surface area contributed by atoms with Gasteiger partial charge >= 0.3 is 0 Å². The van der Waals surface area contributed by atoms with Crippen molar-refractivity contribution >= 4 is 11.6 Å². The third-order valence-corrected chi connectivity index (χ3v) is 4.22. The number of pyridine rings is 1. The van der Waals surface area contributed by atoms with Gasteiger partial charge in [-0.2, -0.15) is 5.10 Å². The Morgan fingerprint density at radius 2 is 2.00 bits per heavy atom. The number of rotatable bonds is 4. The molecule has 0 spiro atoms. The first-order chi connectivity index (χ1) is 10.4. The average molecular weight is 300 g/mol. The topological polar surface area (TPSA) is 51.0 Å². The predicted molar refractivity (Wildman–Crippen MR) is 88.1 cm³/mol. The molecule has 0 aliphatic heterocycles. The maximum atomic E-state index is 13.0. The molecule has 0 aliphatic rings. The van der Waals surface area contributed by atoms with Crippen molar-refractivity contribution in [2.24, 2.45) is 7.05 Å². The molecular formula is C17H24N4O. The Kier molecular flexibility index (Phi) is 4.64. The lowest BCUT2D eigenvalue weighted by atomic mass is 9.97. The molecule has 22 heavy (non-hydrogen) atoms. The number of nitrogens with zero attached hydrogens (tertiary/aromatic N) is 4. The summed E-state index contributed by atoms with van der Waals surface area (Å²) in [6.45, 7) is 10.4. The minimum atomic E-state index is -0.228. The first-order valence-electron chi connectivity index (χ1n) is 7.61. The molecule has 0 saturated carbocycles. The van der Waals surface area contributed by atoms with Crippen molar-refractivity contribution in [1.29, 1.82) is 0 Å². The number of aromatic nitrogens is 3. The smallest absolute Gasteiger partial charge is 0.234 e. The lowest BCUT2D eigenvalue weighted by Crippen LogP contribution is -2.35. The van der Waals surface area contributed by atoms with E-state index in [0.29, 0.717) is 6.54 Å². The van der Waals surface area contributed by atoms with Gasteiger partial charge in [-0.1, -0.05) is 0 Å². The van der Waals surface area contributed by atoms with Crippen LogP contribution in [0.2, 0.25) is 0 Å². The SMILES string of the molecule is CCN(C(=O)C(C)c1c(C)nn(C)c1C)c1cccnc1C. The lowest BCUT2D eigenvalue weighted by molar-refractivity contribution is -0.119. The Labute approximate surface area is 132 Å². The van der Waals surface area contributed by atoms with Crippen LogP contribution in [-0.4, -0.2) is 27.2 Å². The van der Waals surface area contributed by atoms with Gasteiger partial charge in [-0.3, -0.25) is 14.5 Å². The first kappa shape index (κ1) is 16.2. The number of likely N-dealkylation sites (N-methyl/N-ethyl adjacent to an activating group) is 1. The summed E-state index contributed by atoms with van der Waals surface area (Å²) in [5.74, 6) is -0.147. The lowest BCUT2D eigenvalue weighted by Gasteiger charge is -2.26. The van der Waals surface area contributed by atoms with Crippen molar-refractivity contribution in [1.82, 2.24) is 14.8 Å². The van der Waals surface area contributed by atoms with Crippen LogP contribution in [0.5, 0.6) is 0 Å². The Morgan fingerprint density at radius 3 is 2.50 bits per heavy atom. The molecule has 1 unspecified atom stereocenters. The van der Waals surface area contributed by atoms with Gasteiger partial charge in [0.05, 0.1) is 23.0 Å². The summed E-state index contributed by atoms with van der Waals surface area (Å²) >= 11 is 0. The Hall–Kier alpha value is -2.17. The molecule has 1 atom stereocenters. The zero-order valence-corrected chi connectivity index (χ0v) is 14.2. The number of carbonyl (C=O) groups is 1. The van der Waals surface area contributed by atoms with Crippen LogP contribution in [0.15, 0.2) is 18.3 Å².